The summed E-state index contributed by atoms with van der Waals surface area (Å²) in [5.41, 5.74) is 6.10. The lowest BCUT2D eigenvalue weighted by Crippen LogP contribution is -2.32. The van der Waals surface area contributed by atoms with Crippen LogP contribution in [0.15, 0.2) is 24.3 Å². The van der Waals surface area contributed by atoms with Gasteiger partial charge in [0.15, 0.2) is 0 Å². The van der Waals surface area contributed by atoms with E-state index >= 15 is 0 Å². The molecule has 1 aromatic heterocycles. The predicted molar refractivity (Wildman–Crippen MR) is 141 cm³/mol. The van der Waals surface area contributed by atoms with Crippen LogP contribution in [-0.2, 0) is 16.8 Å². The van der Waals surface area contributed by atoms with E-state index in [1.807, 2.05) is 0 Å². The van der Waals surface area contributed by atoms with Crippen LogP contribution in [0.5, 0.6) is 0 Å². The maximum Gasteiger partial charge on any atom is 0.309 e. The summed E-state index contributed by atoms with van der Waals surface area (Å²) in [5.74, 6) is -0.316. The van der Waals surface area contributed by atoms with Gasteiger partial charge in [-0.1, -0.05) is 37.8 Å². The number of aryl methyl sites for hydroxylation is 1. The van der Waals surface area contributed by atoms with Gasteiger partial charge in [0.2, 0.25) is 0 Å². The number of carboxylic acid groups (broad SMARTS) is 1. The van der Waals surface area contributed by atoms with Crippen LogP contribution in [0.4, 0.5) is 0 Å². The topological polar surface area (TPSA) is 71.3 Å². The molecule has 0 spiro atoms. The number of carbonyl (C=O) groups excluding carboxylic acids is 1. The number of benzene rings is 1. The first-order valence-electron chi connectivity index (χ1n) is 13.3. The van der Waals surface area contributed by atoms with Gasteiger partial charge in [-0.25, -0.2) is 0 Å². The predicted octanol–water partition coefficient (Wildman–Crippen LogP) is 6.63. The Kier molecular flexibility index (Phi) is 7.17. The molecule has 0 bridgehead atoms. The summed E-state index contributed by atoms with van der Waals surface area (Å²) in [4.78, 5) is 24.7. The van der Waals surface area contributed by atoms with Crippen LogP contribution in [0.3, 0.4) is 0 Å². The highest BCUT2D eigenvalue weighted by molar-refractivity contribution is 5.97. The molecule has 0 aliphatic heterocycles. The minimum absolute atomic E-state index is 0.116. The van der Waals surface area contributed by atoms with Gasteiger partial charge in [0.05, 0.1) is 11.0 Å². The first-order valence-corrected chi connectivity index (χ1v) is 13.3. The second kappa shape index (κ2) is 9.83. The second-order valence-corrected chi connectivity index (χ2v) is 12.0. The van der Waals surface area contributed by atoms with E-state index < -0.39 is 11.4 Å². The van der Waals surface area contributed by atoms with Crippen LogP contribution in [0.1, 0.15) is 99.3 Å². The quantitative estimate of drug-likeness (QED) is 0.425. The van der Waals surface area contributed by atoms with Crippen molar-refractivity contribution >= 4 is 11.9 Å². The maximum atomic E-state index is 13.2. The molecular formula is C30H42N2O3. The van der Waals surface area contributed by atoms with Crippen LogP contribution in [0.2, 0.25) is 0 Å². The van der Waals surface area contributed by atoms with Crippen molar-refractivity contribution in [2.75, 3.05) is 6.54 Å². The third-order valence-electron chi connectivity index (χ3n) is 8.46. The molecule has 2 N–H and O–H groups in total. The van der Waals surface area contributed by atoms with Gasteiger partial charge in [-0.3, -0.25) is 9.59 Å². The van der Waals surface area contributed by atoms with E-state index in [0.717, 1.165) is 17.9 Å². The van der Waals surface area contributed by atoms with Crippen molar-refractivity contribution in [2.45, 2.75) is 97.9 Å². The largest absolute Gasteiger partial charge is 0.481 e. The Morgan fingerprint density at radius 2 is 1.77 bits per heavy atom. The van der Waals surface area contributed by atoms with Gasteiger partial charge in [0, 0.05) is 24.5 Å². The van der Waals surface area contributed by atoms with E-state index in [1.54, 1.807) is 13.8 Å². The number of carboxylic acids is 1. The number of hydrogen-bond donors (Lipinski definition) is 2. The lowest BCUT2D eigenvalue weighted by Gasteiger charge is -2.24. The Morgan fingerprint density at radius 3 is 2.40 bits per heavy atom. The monoisotopic (exact) mass is 478 g/mol. The highest BCUT2D eigenvalue weighted by Crippen LogP contribution is 2.48. The van der Waals surface area contributed by atoms with Crippen LogP contribution in [0, 0.1) is 25.2 Å². The summed E-state index contributed by atoms with van der Waals surface area (Å²) in [6.07, 6.45) is 9.27. The van der Waals surface area contributed by atoms with E-state index in [-0.39, 0.29) is 11.3 Å². The van der Waals surface area contributed by atoms with Crippen molar-refractivity contribution in [1.29, 1.82) is 0 Å². The Hall–Kier alpha value is -2.56. The number of nitrogens with one attached hydrogen (secondary N) is 1. The molecule has 2 aromatic rings. The minimum atomic E-state index is -0.864. The summed E-state index contributed by atoms with van der Waals surface area (Å²) in [6.45, 7) is 11.2. The van der Waals surface area contributed by atoms with Crippen molar-refractivity contribution < 1.29 is 14.7 Å². The van der Waals surface area contributed by atoms with Gasteiger partial charge in [-0.05, 0) is 100 Å². The fraction of sp³-hybridized carbons (Fsp3) is 0.600. The van der Waals surface area contributed by atoms with Gasteiger partial charge in [-0.15, -0.1) is 0 Å². The van der Waals surface area contributed by atoms with Gasteiger partial charge >= 0.3 is 5.97 Å². The molecule has 2 saturated carbocycles. The van der Waals surface area contributed by atoms with E-state index in [1.165, 1.54) is 61.6 Å². The van der Waals surface area contributed by atoms with Gasteiger partial charge < -0.3 is 15.0 Å². The molecule has 0 radical (unpaired) electrons. The van der Waals surface area contributed by atoms with Crippen molar-refractivity contribution in [2.24, 2.45) is 11.3 Å². The molecule has 35 heavy (non-hydrogen) atoms. The molecule has 2 aliphatic rings. The molecule has 0 atom stereocenters. The Balaban J connectivity index is 1.65. The molecule has 1 amide bonds. The van der Waals surface area contributed by atoms with Crippen molar-refractivity contribution in [3.63, 3.8) is 0 Å². The molecular weight excluding hydrogens is 436 g/mol. The number of nitrogens with zero attached hydrogens (tertiary/aromatic N) is 1. The Labute approximate surface area is 210 Å². The smallest absolute Gasteiger partial charge is 0.309 e. The zero-order valence-corrected chi connectivity index (χ0v) is 22.2. The van der Waals surface area contributed by atoms with E-state index in [0.29, 0.717) is 24.4 Å². The summed E-state index contributed by atoms with van der Waals surface area (Å²) < 4.78 is 2.37. The summed E-state index contributed by atoms with van der Waals surface area (Å²) in [6, 6.07) is 8.96. The van der Waals surface area contributed by atoms with Crippen molar-refractivity contribution in [3.05, 3.63) is 46.6 Å². The third kappa shape index (κ3) is 5.65. The number of hydrogen-bond acceptors (Lipinski definition) is 2. The summed E-state index contributed by atoms with van der Waals surface area (Å²) in [7, 11) is 0. The van der Waals surface area contributed by atoms with Crippen LogP contribution in [-0.4, -0.2) is 28.1 Å². The van der Waals surface area contributed by atoms with E-state index in [9.17, 15) is 14.7 Å². The second-order valence-electron chi connectivity index (χ2n) is 12.0. The summed E-state index contributed by atoms with van der Waals surface area (Å²) in [5, 5.41) is 12.4. The molecule has 190 valence electrons. The van der Waals surface area contributed by atoms with E-state index in [4.69, 9.17) is 0 Å². The van der Waals surface area contributed by atoms with Gasteiger partial charge in [-0.2, -0.15) is 0 Å². The molecule has 1 heterocycles. The van der Waals surface area contributed by atoms with Gasteiger partial charge in [0.1, 0.15) is 0 Å². The summed E-state index contributed by atoms with van der Waals surface area (Å²) >= 11 is 0. The number of carbonyl (C=O) groups is 2. The molecule has 2 aliphatic carbocycles. The Morgan fingerprint density at radius 1 is 1.09 bits per heavy atom. The SMILES string of the molecule is Cc1cc(-c2cc(C(=O)NCCC(C)(C)C(=O)O)c(C)n2CC2CCCCC2)cc(C2(C)CC2)c1. The van der Waals surface area contributed by atoms with Crippen LogP contribution >= 0.6 is 0 Å². The average Bonchev–Trinajstić information content (AvgIpc) is 3.48. The molecule has 2 fully saturated rings. The normalized spacial score (nSPS) is 17.9. The fourth-order valence-corrected chi connectivity index (χ4v) is 5.42. The zero-order chi connectivity index (χ0) is 25.4. The number of rotatable bonds is 9. The fourth-order valence-electron chi connectivity index (χ4n) is 5.42. The number of aliphatic carboxylic acids is 1. The third-order valence-corrected chi connectivity index (χ3v) is 8.46. The molecule has 5 nitrogen and oxygen atoms in total. The molecule has 0 saturated heterocycles. The molecule has 4 rings (SSSR count). The maximum absolute atomic E-state index is 13.2. The number of aromatic nitrogens is 1. The molecule has 5 heteroatoms. The first-order chi connectivity index (χ1) is 16.5. The van der Waals surface area contributed by atoms with Crippen molar-refractivity contribution in [1.82, 2.24) is 9.88 Å². The average molecular weight is 479 g/mol. The number of amides is 1. The highest BCUT2D eigenvalue weighted by atomic mass is 16.4. The molecule has 1 aromatic carbocycles. The zero-order valence-electron chi connectivity index (χ0n) is 22.2. The molecule has 0 unspecified atom stereocenters. The standard InChI is InChI=1S/C30H42N2O3/c1-20-15-23(17-24(16-20)30(5)11-12-30)26-18-25(27(33)31-14-13-29(3,4)28(34)35)21(2)32(26)19-22-9-7-6-8-10-22/h15-18,22H,6-14,19H2,1-5H3,(H,31,33)(H,34,35). The van der Waals surface area contributed by atoms with E-state index in [2.05, 4.69) is 54.9 Å². The lowest BCUT2D eigenvalue weighted by atomic mass is 9.89. The minimum Gasteiger partial charge on any atom is -0.481 e. The Bertz CT molecular complexity index is 1100. The van der Waals surface area contributed by atoms with Crippen LogP contribution in [0.25, 0.3) is 11.3 Å². The highest BCUT2D eigenvalue weighted by Gasteiger charge is 2.39. The van der Waals surface area contributed by atoms with Crippen LogP contribution < -0.4 is 5.32 Å². The van der Waals surface area contributed by atoms with Crippen molar-refractivity contribution in [3.8, 4) is 11.3 Å². The lowest BCUT2D eigenvalue weighted by molar-refractivity contribution is -0.147. The first kappa shape index (κ1) is 25.5. The van der Waals surface area contributed by atoms with Gasteiger partial charge in [0.25, 0.3) is 5.91 Å².